The van der Waals surface area contributed by atoms with Crippen molar-refractivity contribution in [1.82, 2.24) is 4.90 Å². The maximum absolute atomic E-state index is 12.4. The van der Waals surface area contributed by atoms with Gasteiger partial charge in [0.1, 0.15) is 0 Å². The molecule has 0 radical (unpaired) electrons. The number of hydrogen-bond donors (Lipinski definition) is 1. The Balaban J connectivity index is 1.89. The molecule has 0 aromatic rings. The Morgan fingerprint density at radius 1 is 1.18 bits per heavy atom. The molecule has 2 atom stereocenters. The molecular weight excluding hydrogens is 212 g/mol. The zero-order valence-electron chi connectivity index (χ0n) is 11.0. The van der Waals surface area contributed by atoms with Crippen molar-refractivity contribution in [2.45, 2.75) is 57.9 Å². The summed E-state index contributed by atoms with van der Waals surface area (Å²) in [5.41, 5.74) is 5.97. The monoisotopic (exact) mass is 238 g/mol. The summed E-state index contributed by atoms with van der Waals surface area (Å²) >= 11 is 0. The van der Waals surface area contributed by atoms with Gasteiger partial charge in [-0.15, -0.1) is 0 Å². The maximum Gasteiger partial charge on any atom is 0.225 e. The molecule has 98 valence electrons. The summed E-state index contributed by atoms with van der Waals surface area (Å²) < 4.78 is 0. The van der Waals surface area contributed by atoms with Crippen LogP contribution in [0.5, 0.6) is 0 Å². The lowest BCUT2D eigenvalue weighted by Gasteiger charge is -2.37. The van der Waals surface area contributed by atoms with E-state index >= 15 is 0 Å². The van der Waals surface area contributed by atoms with Gasteiger partial charge in [0.25, 0.3) is 0 Å². The van der Waals surface area contributed by atoms with E-state index < -0.39 is 0 Å². The van der Waals surface area contributed by atoms with Gasteiger partial charge in [0.15, 0.2) is 0 Å². The summed E-state index contributed by atoms with van der Waals surface area (Å²) in [4.78, 5) is 14.5. The van der Waals surface area contributed by atoms with E-state index in [-0.39, 0.29) is 6.04 Å². The molecular formula is C14H26N2O. The lowest BCUT2D eigenvalue weighted by Crippen LogP contribution is -2.47. The lowest BCUT2D eigenvalue weighted by atomic mass is 9.86. The third-order valence-electron chi connectivity index (χ3n) is 4.47. The van der Waals surface area contributed by atoms with Crippen LogP contribution in [0.1, 0.15) is 51.9 Å². The van der Waals surface area contributed by atoms with Crippen LogP contribution < -0.4 is 5.73 Å². The summed E-state index contributed by atoms with van der Waals surface area (Å²) in [5, 5.41) is 0. The topological polar surface area (TPSA) is 46.3 Å². The summed E-state index contributed by atoms with van der Waals surface area (Å²) in [6.07, 6.45) is 8.32. The molecule has 2 N–H and O–H groups in total. The van der Waals surface area contributed by atoms with Crippen molar-refractivity contribution in [1.29, 1.82) is 0 Å². The highest BCUT2D eigenvalue weighted by Crippen LogP contribution is 2.27. The second kappa shape index (κ2) is 5.85. The first-order valence-electron chi connectivity index (χ1n) is 7.23. The predicted molar refractivity (Wildman–Crippen MR) is 69.5 cm³/mol. The quantitative estimate of drug-likeness (QED) is 0.801. The number of rotatable bonds is 2. The van der Waals surface area contributed by atoms with Gasteiger partial charge in [0, 0.05) is 25.0 Å². The number of nitrogens with zero attached hydrogens (tertiary/aromatic N) is 1. The van der Waals surface area contributed by atoms with Crippen LogP contribution in [-0.2, 0) is 4.79 Å². The van der Waals surface area contributed by atoms with Crippen LogP contribution in [0.2, 0.25) is 0 Å². The van der Waals surface area contributed by atoms with E-state index in [1.807, 2.05) is 0 Å². The third kappa shape index (κ3) is 3.21. The van der Waals surface area contributed by atoms with Crippen molar-refractivity contribution in [2.75, 3.05) is 13.1 Å². The maximum atomic E-state index is 12.4. The SMILES string of the molecule is CC(N)C1CCCN(C(=O)C2CCCCC2)C1. The van der Waals surface area contributed by atoms with E-state index in [4.69, 9.17) is 5.73 Å². The molecule has 2 rings (SSSR count). The van der Waals surface area contributed by atoms with Gasteiger partial charge in [0.2, 0.25) is 5.91 Å². The highest BCUT2D eigenvalue weighted by Gasteiger charge is 2.30. The van der Waals surface area contributed by atoms with Crippen molar-refractivity contribution in [3.8, 4) is 0 Å². The molecule has 1 heterocycles. The second-order valence-corrected chi connectivity index (χ2v) is 5.88. The molecule has 0 spiro atoms. The molecule has 1 saturated carbocycles. The van der Waals surface area contributed by atoms with Crippen LogP contribution in [0.15, 0.2) is 0 Å². The van der Waals surface area contributed by atoms with E-state index in [2.05, 4.69) is 11.8 Å². The fraction of sp³-hybridized carbons (Fsp3) is 0.929. The number of carbonyl (C=O) groups excluding carboxylic acids is 1. The Morgan fingerprint density at radius 3 is 2.53 bits per heavy atom. The molecule has 2 unspecified atom stereocenters. The van der Waals surface area contributed by atoms with Crippen LogP contribution in [0.4, 0.5) is 0 Å². The zero-order valence-corrected chi connectivity index (χ0v) is 11.0. The Morgan fingerprint density at radius 2 is 1.88 bits per heavy atom. The molecule has 0 aromatic heterocycles. The lowest BCUT2D eigenvalue weighted by molar-refractivity contribution is -0.138. The standard InChI is InChI=1S/C14H26N2O/c1-11(15)13-8-5-9-16(10-13)14(17)12-6-3-2-4-7-12/h11-13H,2-10,15H2,1H3. The van der Waals surface area contributed by atoms with E-state index in [0.717, 1.165) is 32.4 Å². The van der Waals surface area contributed by atoms with Crippen LogP contribution in [0.25, 0.3) is 0 Å². The summed E-state index contributed by atoms with van der Waals surface area (Å²) in [7, 11) is 0. The Bertz CT molecular complexity index is 259. The van der Waals surface area contributed by atoms with Gasteiger partial charge < -0.3 is 10.6 Å². The summed E-state index contributed by atoms with van der Waals surface area (Å²) in [6, 6.07) is 0.219. The van der Waals surface area contributed by atoms with Crippen molar-refractivity contribution < 1.29 is 4.79 Å². The Labute approximate surface area is 105 Å². The first kappa shape index (κ1) is 12.9. The fourth-order valence-electron chi connectivity index (χ4n) is 3.25. The predicted octanol–water partition coefficient (Wildman–Crippen LogP) is 2.15. The van der Waals surface area contributed by atoms with E-state index in [1.54, 1.807) is 0 Å². The van der Waals surface area contributed by atoms with Crippen LogP contribution in [-0.4, -0.2) is 29.9 Å². The van der Waals surface area contributed by atoms with Gasteiger partial charge in [0.05, 0.1) is 0 Å². The molecule has 2 fully saturated rings. The largest absolute Gasteiger partial charge is 0.342 e. The number of hydrogen-bond acceptors (Lipinski definition) is 2. The average molecular weight is 238 g/mol. The number of piperidine rings is 1. The highest BCUT2D eigenvalue weighted by atomic mass is 16.2. The number of amides is 1. The van der Waals surface area contributed by atoms with Gasteiger partial charge in [-0.2, -0.15) is 0 Å². The van der Waals surface area contributed by atoms with Crippen LogP contribution in [0, 0.1) is 11.8 Å². The normalized spacial score (nSPS) is 29.1. The molecule has 3 heteroatoms. The molecule has 2 aliphatic rings. The molecule has 1 aliphatic heterocycles. The Kier molecular flexibility index (Phi) is 4.43. The van der Waals surface area contributed by atoms with Gasteiger partial charge in [-0.25, -0.2) is 0 Å². The van der Waals surface area contributed by atoms with Crippen molar-refractivity contribution >= 4 is 5.91 Å². The number of nitrogens with two attached hydrogens (primary N) is 1. The highest BCUT2D eigenvalue weighted by molar-refractivity contribution is 5.79. The second-order valence-electron chi connectivity index (χ2n) is 5.88. The number of carbonyl (C=O) groups is 1. The third-order valence-corrected chi connectivity index (χ3v) is 4.47. The number of likely N-dealkylation sites (tertiary alicyclic amines) is 1. The van der Waals surface area contributed by atoms with Crippen molar-refractivity contribution in [3.63, 3.8) is 0 Å². The summed E-state index contributed by atoms with van der Waals surface area (Å²) in [6.45, 7) is 3.92. The molecule has 1 amide bonds. The van der Waals surface area contributed by atoms with Gasteiger partial charge >= 0.3 is 0 Å². The minimum absolute atomic E-state index is 0.219. The van der Waals surface area contributed by atoms with Crippen molar-refractivity contribution in [2.24, 2.45) is 17.6 Å². The smallest absolute Gasteiger partial charge is 0.225 e. The first-order valence-corrected chi connectivity index (χ1v) is 7.23. The molecule has 0 aromatic carbocycles. The van der Waals surface area contributed by atoms with Gasteiger partial charge in [-0.3, -0.25) is 4.79 Å². The Hall–Kier alpha value is -0.570. The van der Waals surface area contributed by atoms with Crippen LogP contribution >= 0.6 is 0 Å². The zero-order chi connectivity index (χ0) is 12.3. The minimum atomic E-state index is 0.219. The average Bonchev–Trinajstić information content (AvgIpc) is 2.39. The minimum Gasteiger partial charge on any atom is -0.342 e. The molecule has 3 nitrogen and oxygen atoms in total. The molecule has 17 heavy (non-hydrogen) atoms. The van der Waals surface area contributed by atoms with Crippen LogP contribution in [0.3, 0.4) is 0 Å². The van der Waals surface area contributed by atoms with Gasteiger partial charge in [-0.05, 0) is 38.5 Å². The fourth-order valence-corrected chi connectivity index (χ4v) is 3.25. The summed E-state index contributed by atoms with van der Waals surface area (Å²) in [5.74, 6) is 1.24. The van der Waals surface area contributed by atoms with E-state index in [9.17, 15) is 4.79 Å². The van der Waals surface area contributed by atoms with E-state index in [0.29, 0.717) is 17.7 Å². The molecule has 1 saturated heterocycles. The molecule has 1 aliphatic carbocycles. The van der Waals surface area contributed by atoms with Gasteiger partial charge in [-0.1, -0.05) is 19.3 Å². The molecule has 0 bridgehead atoms. The van der Waals surface area contributed by atoms with E-state index in [1.165, 1.54) is 25.7 Å². The van der Waals surface area contributed by atoms with Crippen molar-refractivity contribution in [3.05, 3.63) is 0 Å². The first-order chi connectivity index (χ1) is 8.18.